The fraction of sp³-hybridized carbons (Fsp3) is 0.364. The summed E-state index contributed by atoms with van der Waals surface area (Å²) in [4.78, 5) is 28.4. The molecule has 2 N–H and O–H groups in total. The van der Waals surface area contributed by atoms with Crippen LogP contribution in [-0.4, -0.2) is 43.1 Å². The second-order valence-electron chi connectivity index (χ2n) is 7.29. The Morgan fingerprint density at radius 1 is 1.24 bits per heavy atom. The van der Waals surface area contributed by atoms with Gasteiger partial charge in [-0.15, -0.1) is 11.3 Å². The largest absolute Gasteiger partial charge is 0.463 e. The van der Waals surface area contributed by atoms with Gasteiger partial charge in [-0.3, -0.25) is 4.90 Å². The van der Waals surface area contributed by atoms with Gasteiger partial charge >= 0.3 is 12.0 Å². The van der Waals surface area contributed by atoms with Gasteiger partial charge in [-0.2, -0.15) is 0 Å². The maximum Gasteiger partial charge on any atom is 0.338 e. The van der Waals surface area contributed by atoms with Gasteiger partial charge in [0.25, 0.3) is 0 Å². The molecule has 0 radical (unpaired) electrons. The summed E-state index contributed by atoms with van der Waals surface area (Å²) >= 11 is 1.52. The molecule has 29 heavy (non-hydrogen) atoms. The van der Waals surface area contributed by atoms with E-state index in [4.69, 9.17) is 4.74 Å². The van der Waals surface area contributed by atoms with Crippen molar-refractivity contribution >= 4 is 23.3 Å². The van der Waals surface area contributed by atoms with Crippen LogP contribution < -0.4 is 10.6 Å². The maximum absolute atomic E-state index is 12.8. The molecule has 2 amide bonds. The van der Waals surface area contributed by atoms with Gasteiger partial charge < -0.3 is 15.4 Å². The molecule has 0 bridgehead atoms. The van der Waals surface area contributed by atoms with Gasteiger partial charge in [0.1, 0.15) is 0 Å². The molecule has 4 rings (SSSR count). The minimum atomic E-state index is -0.481. The lowest BCUT2D eigenvalue weighted by molar-refractivity contribution is -0.139. The average molecular weight is 412 g/mol. The second kappa shape index (κ2) is 8.80. The highest BCUT2D eigenvalue weighted by molar-refractivity contribution is 7.10. The number of amides is 2. The molecule has 7 heteroatoms. The summed E-state index contributed by atoms with van der Waals surface area (Å²) in [6.45, 7) is 4.42. The van der Waals surface area contributed by atoms with Gasteiger partial charge in [-0.1, -0.05) is 36.4 Å². The van der Waals surface area contributed by atoms with Gasteiger partial charge in [-0.05, 0) is 42.8 Å². The predicted octanol–water partition coefficient (Wildman–Crippen LogP) is 3.41. The molecule has 2 aromatic rings. The number of nitrogens with one attached hydrogen (secondary N) is 2. The molecule has 1 saturated heterocycles. The first kappa shape index (κ1) is 19.7. The molecule has 0 aliphatic carbocycles. The Morgan fingerprint density at radius 3 is 2.79 bits per heavy atom. The number of likely N-dealkylation sites (tertiary alicyclic amines) is 1. The summed E-state index contributed by atoms with van der Waals surface area (Å²) in [7, 11) is 0. The molecule has 2 aliphatic heterocycles. The van der Waals surface area contributed by atoms with Crippen LogP contribution in [0.1, 0.15) is 35.7 Å². The van der Waals surface area contributed by atoms with E-state index in [1.807, 2.05) is 23.6 Å². The third-order valence-corrected chi connectivity index (χ3v) is 6.34. The van der Waals surface area contributed by atoms with Crippen LogP contribution >= 0.6 is 11.3 Å². The van der Waals surface area contributed by atoms with Crippen LogP contribution in [0.4, 0.5) is 4.79 Å². The van der Waals surface area contributed by atoms with Crippen molar-refractivity contribution in [2.45, 2.75) is 25.3 Å². The zero-order chi connectivity index (χ0) is 20.2. The summed E-state index contributed by atoms with van der Waals surface area (Å²) in [6, 6.07) is 13.6. The average Bonchev–Trinajstić information content (AvgIpc) is 3.41. The molecule has 0 unspecified atom stereocenters. The molecule has 3 heterocycles. The summed E-state index contributed by atoms with van der Waals surface area (Å²) in [5.74, 6) is 0.0839. The molecular weight excluding hydrogens is 386 g/mol. The van der Waals surface area contributed by atoms with Gasteiger partial charge in [0.2, 0.25) is 0 Å². The van der Waals surface area contributed by atoms with E-state index in [1.54, 1.807) is 6.92 Å². The minimum Gasteiger partial charge on any atom is -0.463 e. The van der Waals surface area contributed by atoms with Crippen LogP contribution in [-0.2, 0) is 9.53 Å². The van der Waals surface area contributed by atoms with Crippen LogP contribution in [0.3, 0.4) is 0 Å². The van der Waals surface area contributed by atoms with E-state index in [1.165, 1.54) is 16.9 Å². The van der Waals surface area contributed by atoms with Crippen LogP contribution in [0.25, 0.3) is 0 Å². The smallest absolute Gasteiger partial charge is 0.338 e. The van der Waals surface area contributed by atoms with E-state index in [0.29, 0.717) is 30.3 Å². The number of esters is 1. The molecule has 0 saturated carbocycles. The minimum absolute atomic E-state index is 0.287. The van der Waals surface area contributed by atoms with Gasteiger partial charge in [0.15, 0.2) is 0 Å². The summed E-state index contributed by atoms with van der Waals surface area (Å²) in [6.07, 6.45) is 1.06. The van der Waals surface area contributed by atoms with Crippen LogP contribution in [0.15, 0.2) is 59.1 Å². The van der Waals surface area contributed by atoms with Crippen molar-refractivity contribution in [2.75, 3.05) is 26.2 Å². The van der Waals surface area contributed by atoms with Crippen LogP contribution in [0, 0.1) is 0 Å². The Hall–Kier alpha value is -2.64. The van der Waals surface area contributed by atoms with Gasteiger partial charge in [0.05, 0.1) is 18.2 Å². The summed E-state index contributed by atoms with van der Waals surface area (Å²) in [5.41, 5.74) is 2.47. The SMILES string of the molecule is CCOC(=O)C1=C(CN2CC[C@H](c3ccccc3)C2)NC(=O)N[C@@H]1c1cccs1. The van der Waals surface area contributed by atoms with E-state index < -0.39 is 6.04 Å². The molecule has 1 aromatic carbocycles. The third kappa shape index (κ3) is 4.36. The molecule has 1 fully saturated rings. The summed E-state index contributed by atoms with van der Waals surface area (Å²) < 4.78 is 5.33. The number of hydrogen-bond donors (Lipinski definition) is 2. The van der Waals surface area contributed by atoms with E-state index in [-0.39, 0.29) is 12.0 Å². The number of hydrogen-bond acceptors (Lipinski definition) is 5. The lowest BCUT2D eigenvalue weighted by Gasteiger charge is -2.30. The van der Waals surface area contributed by atoms with E-state index in [0.717, 1.165) is 24.4 Å². The van der Waals surface area contributed by atoms with Crippen molar-refractivity contribution < 1.29 is 14.3 Å². The zero-order valence-electron chi connectivity index (χ0n) is 16.4. The van der Waals surface area contributed by atoms with Crippen molar-refractivity contribution in [1.29, 1.82) is 0 Å². The number of rotatable bonds is 6. The Bertz CT molecular complexity index is 895. The zero-order valence-corrected chi connectivity index (χ0v) is 17.2. The Kier molecular flexibility index (Phi) is 5.97. The molecule has 1 aromatic heterocycles. The lowest BCUT2D eigenvalue weighted by Crippen LogP contribution is -2.48. The highest BCUT2D eigenvalue weighted by Crippen LogP contribution is 2.32. The van der Waals surface area contributed by atoms with Crippen molar-refractivity contribution in [3.05, 3.63) is 69.6 Å². The van der Waals surface area contributed by atoms with E-state index in [2.05, 4.69) is 39.8 Å². The standard InChI is InChI=1S/C22H25N3O3S/c1-2-28-21(26)19-17(23-22(27)24-20(19)18-9-6-12-29-18)14-25-11-10-16(13-25)15-7-4-3-5-8-15/h3-9,12,16,20H,2,10-11,13-14H2,1H3,(H2,23,24,27)/t16-,20+/m0/s1. The fourth-order valence-corrected chi connectivity index (χ4v) is 4.84. The van der Waals surface area contributed by atoms with E-state index in [9.17, 15) is 9.59 Å². The normalized spacial score (nSPS) is 22.3. The fourth-order valence-electron chi connectivity index (χ4n) is 4.06. The Balaban J connectivity index is 1.59. The number of nitrogens with zero attached hydrogens (tertiary/aromatic N) is 1. The first-order valence-corrected chi connectivity index (χ1v) is 10.8. The second-order valence-corrected chi connectivity index (χ2v) is 8.27. The summed E-state index contributed by atoms with van der Waals surface area (Å²) in [5, 5.41) is 7.69. The lowest BCUT2D eigenvalue weighted by atomic mass is 9.98. The Labute approximate surface area is 174 Å². The van der Waals surface area contributed by atoms with Crippen LogP contribution in [0.2, 0.25) is 0 Å². The number of carbonyl (C=O) groups excluding carboxylic acids is 2. The first-order chi connectivity index (χ1) is 14.2. The number of urea groups is 1. The first-order valence-electron chi connectivity index (χ1n) is 9.94. The highest BCUT2D eigenvalue weighted by atomic mass is 32.1. The Morgan fingerprint density at radius 2 is 2.07 bits per heavy atom. The highest BCUT2D eigenvalue weighted by Gasteiger charge is 2.35. The maximum atomic E-state index is 12.8. The number of thiophene rings is 1. The third-order valence-electron chi connectivity index (χ3n) is 5.40. The number of ether oxygens (including phenoxy) is 1. The van der Waals surface area contributed by atoms with Gasteiger partial charge in [0, 0.05) is 23.7 Å². The monoisotopic (exact) mass is 411 g/mol. The molecule has 0 spiro atoms. The molecule has 2 aliphatic rings. The van der Waals surface area contributed by atoms with Crippen molar-refractivity contribution in [3.63, 3.8) is 0 Å². The van der Waals surface area contributed by atoms with E-state index >= 15 is 0 Å². The number of benzene rings is 1. The van der Waals surface area contributed by atoms with Crippen molar-refractivity contribution in [1.82, 2.24) is 15.5 Å². The van der Waals surface area contributed by atoms with Crippen molar-refractivity contribution in [2.24, 2.45) is 0 Å². The number of carbonyl (C=O) groups is 2. The van der Waals surface area contributed by atoms with Gasteiger partial charge in [-0.25, -0.2) is 9.59 Å². The quantitative estimate of drug-likeness (QED) is 0.715. The molecular formula is C22H25N3O3S. The molecule has 2 atom stereocenters. The molecule has 6 nitrogen and oxygen atoms in total. The molecule has 152 valence electrons. The predicted molar refractivity (Wildman–Crippen MR) is 113 cm³/mol. The topological polar surface area (TPSA) is 70.7 Å². The van der Waals surface area contributed by atoms with Crippen molar-refractivity contribution in [3.8, 4) is 0 Å². The van der Waals surface area contributed by atoms with Crippen LogP contribution in [0.5, 0.6) is 0 Å².